The van der Waals surface area contributed by atoms with Crippen LogP contribution in [0.1, 0.15) is 34.6 Å². The average Bonchev–Trinajstić information content (AvgIpc) is 3.37. The van der Waals surface area contributed by atoms with Gasteiger partial charge in [0.2, 0.25) is 5.78 Å². The molecule has 2 heterocycles. The molecule has 0 saturated carbocycles. The molecule has 1 aromatic heterocycles. The molecule has 2 N–H and O–H groups in total. The summed E-state index contributed by atoms with van der Waals surface area (Å²) in [6.07, 6.45) is 0.924. The summed E-state index contributed by atoms with van der Waals surface area (Å²) in [4.78, 5) is 16.3. The van der Waals surface area contributed by atoms with Crippen molar-refractivity contribution in [3.8, 4) is 6.07 Å². The molecule has 4 nitrogen and oxygen atoms in total. The number of nitrogens with zero attached hydrogens (tertiary/aromatic N) is 2. The van der Waals surface area contributed by atoms with Gasteiger partial charge in [-0.25, -0.2) is 0 Å². The van der Waals surface area contributed by atoms with Gasteiger partial charge in [0.1, 0.15) is 0 Å². The zero-order chi connectivity index (χ0) is 23.4. The molecule has 1 unspecified atom stereocenters. The van der Waals surface area contributed by atoms with E-state index in [1.165, 1.54) is 11.3 Å². The quantitative estimate of drug-likeness (QED) is 0.362. The van der Waals surface area contributed by atoms with Crippen molar-refractivity contribution in [2.24, 2.45) is 5.73 Å². The van der Waals surface area contributed by atoms with Crippen molar-refractivity contribution < 1.29 is 4.79 Å². The van der Waals surface area contributed by atoms with Crippen LogP contribution < -0.4 is 10.6 Å². The van der Waals surface area contributed by atoms with Gasteiger partial charge in [-0.05, 0) is 53.4 Å². The highest BCUT2D eigenvalue weighted by atomic mass is 35.5. The van der Waals surface area contributed by atoms with Crippen molar-refractivity contribution in [1.82, 2.24) is 0 Å². The second-order valence-corrected chi connectivity index (χ2v) is 9.91. The summed E-state index contributed by atoms with van der Waals surface area (Å²) in [5.41, 5.74) is 9.28. The van der Waals surface area contributed by atoms with E-state index in [1.807, 2.05) is 60.0 Å². The van der Waals surface area contributed by atoms with Crippen LogP contribution in [0.5, 0.6) is 0 Å². The van der Waals surface area contributed by atoms with E-state index in [9.17, 15) is 10.1 Å². The summed E-state index contributed by atoms with van der Waals surface area (Å²) in [5, 5.41) is 13.4. The molecule has 0 radical (unpaired) electrons. The fraction of sp³-hybridized carbons (Fsp3) is 0.154. The Morgan fingerprint density at radius 1 is 1.18 bits per heavy atom. The second-order valence-electron chi connectivity index (χ2n) is 7.44. The Kier molecular flexibility index (Phi) is 7.24. The number of rotatable bonds is 7. The zero-order valence-electron chi connectivity index (χ0n) is 18.0. The maximum absolute atomic E-state index is 13.6. The van der Waals surface area contributed by atoms with E-state index in [0.717, 1.165) is 28.5 Å². The number of hydrogen-bond donors (Lipinski definition) is 1. The Balaban J connectivity index is 2.02. The lowest BCUT2D eigenvalue weighted by Crippen LogP contribution is -2.36. The van der Waals surface area contributed by atoms with E-state index in [4.69, 9.17) is 17.3 Å². The molecule has 0 aliphatic carbocycles. The molecule has 4 rings (SSSR count). The largest absolute Gasteiger partial charge is 0.397 e. The van der Waals surface area contributed by atoms with Crippen LogP contribution in [0.3, 0.4) is 0 Å². The molecule has 2 aromatic carbocycles. The van der Waals surface area contributed by atoms with Crippen LogP contribution in [0.15, 0.2) is 94.0 Å². The summed E-state index contributed by atoms with van der Waals surface area (Å²) in [7, 11) is 0. The topological polar surface area (TPSA) is 70.1 Å². The van der Waals surface area contributed by atoms with Crippen molar-refractivity contribution in [2.75, 3.05) is 10.7 Å². The third-order valence-corrected chi connectivity index (χ3v) is 7.65. The number of anilines is 1. The molecule has 1 aliphatic rings. The Morgan fingerprint density at radius 3 is 2.61 bits per heavy atom. The standard InChI is InChI=1S/C26H22ClN3OS2/c1-2-13-33-26-22(25(31)21-12-7-14-32-21)23(29)20(16-28)24(17-8-6-9-18(27)15-17)30(26)19-10-4-3-5-11-19/h3-12,14-15,24H,2,13,29H2,1H3. The van der Waals surface area contributed by atoms with Crippen LogP contribution in [0.2, 0.25) is 5.02 Å². The highest BCUT2D eigenvalue weighted by molar-refractivity contribution is 8.03. The fourth-order valence-electron chi connectivity index (χ4n) is 3.82. The third-order valence-electron chi connectivity index (χ3n) is 5.26. The van der Waals surface area contributed by atoms with E-state index < -0.39 is 6.04 Å². The Labute approximate surface area is 207 Å². The number of thiophene rings is 1. The van der Waals surface area contributed by atoms with Crippen molar-refractivity contribution >= 4 is 46.2 Å². The molecule has 33 heavy (non-hydrogen) atoms. The number of para-hydroxylation sites is 1. The maximum atomic E-state index is 13.6. The molecule has 166 valence electrons. The van der Waals surface area contributed by atoms with Crippen molar-refractivity contribution in [1.29, 1.82) is 5.26 Å². The molecule has 7 heteroatoms. The first-order valence-electron chi connectivity index (χ1n) is 10.5. The first-order chi connectivity index (χ1) is 16.1. The van der Waals surface area contributed by atoms with E-state index >= 15 is 0 Å². The number of hydrogen-bond acceptors (Lipinski definition) is 6. The van der Waals surface area contributed by atoms with Gasteiger partial charge in [-0.15, -0.1) is 23.1 Å². The number of thioether (sulfide) groups is 1. The van der Waals surface area contributed by atoms with Crippen LogP contribution in [0, 0.1) is 11.3 Å². The zero-order valence-corrected chi connectivity index (χ0v) is 20.4. The van der Waals surface area contributed by atoms with Crippen LogP contribution in [0.25, 0.3) is 0 Å². The van der Waals surface area contributed by atoms with Gasteiger partial charge in [0.05, 0.1) is 38.9 Å². The number of nitriles is 1. The summed E-state index contributed by atoms with van der Waals surface area (Å²) in [5.74, 6) is 0.636. The molecule has 0 spiro atoms. The van der Waals surface area contributed by atoms with Crippen molar-refractivity contribution in [3.63, 3.8) is 0 Å². The number of halogens is 1. The van der Waals surface area contributed by atoms with Gasteiger partial charge in [-0.1, -0.05) is 54.9 Å². The van der Waals surface area contributed by atoms with Crippen molar-refractivity contribution in [2.45, 2.75) is 19.4 Å². The van der Waals surface area contributed by atoms with Gasteiger partial charge in [0, 0.05) is 10.7 Å². The molecule has 0 bridgehead atoms. The SMILES string of the molecule is CCCSC1=C(C(=O)c2cccs2)C(N)=C(C#N)C(c2cccc(Cl)c2)N1c1ccccc1. The monoisotopic (exact) mass is 491 g/mol. The minimum atomic E-state index is -0.504. The normalized spacial score (nSPS) is 16.2. The minimum Gasteiger partial charge on any atom is -0.397 e. The molecule has 1 atom stereocenters. The van der Waals surface area contributed by atoms with Crippen molar-refractivity contribution in [3.05, 3.63) is 109 Å². The first kappa shape index (κ1) is 23.2. The van der Waals surface area contributed by atoms with Gasteiger partial charge in [0.15, 0.2) is 0 Å². The molecule has 3 aromatic rings. The number of ketones is 1. The van der Waals surface area contributed by atoms with Crippen LogP contribution in [-0.2, 0) is 0 Å². The van der Waals surface area contributed by atoms with Crippen LogP contribution >= 0.6 is 34.7 Å². The molecule has 1 aliphatic heterocycles. The van der Waals surface area contributed by atoms with Crippen LogP contribution in [-0.4, -0.2) is 11.5 Å². The van der Waals surface area contributed by atoms with Gasteiger partial charge < -0.3 is 10.6 Å². The lowest BCUT2D eigenvalue weighted by molar-refractivity contribution is 0.103. The molecule has 0 fully saturated rings. The number of allylic oxidation sites excluding steroid dienone is 1. The second kappa shape index (κ2) is 10.3. The predicted octanol–water partition coefficient (Wildman–Crippen LogP) is 6.94. The maximum Gasteiger partial charge on any atom is 0.207 e. The number of benzene rings is 2. The fourth-order valence-corrected chi connectivity index (χ4v) is 5.79. The lowest BCUT2D eigenvalue weighted by Gasteiger charge is -2.40. The summed E-state index contributed by atoms with van der Waals surface area (Å²) < 4.78 is 0. The Bertz CT molecular complexity index is 1260. The number of carbonyl (C=O) groups excluding carboxylic acids is 1. The molecular formula is C26H22ClN3OS2. The van der Waals surface area contributed by atoms with Gasteiger partial charge in [-0.2, -0.15) is 5.26 Å². The Hall–Kier alpha value is -2.98. The minimum absolute atomic E-state index is 0.167. The summed E-state index contributed by atoms with van der Waals surface area (Å²) in [6, 6.07) is 22.7. The van der Waals surface area contributed by atoms with E-state index in [2.05, 4.69) is 17.9 Å². The van der Waals surface area contributed by atoms with E-state index in [0.29, 0.717) is 21.0 Å². The highest BCUT2D eigenvalue weighted by Gasteiger charge is 2.39. The average molecular weight is 492 g/mol. The highest BCUT2D eigenvalue weighted by Crippen LogP contribution is 2.47. The molecule has 0 amide bonds. The summed E-state index contributed by atoms with van der Waals surface area (Å²) in [6.45, 7) is 2.10. The third kappa shape index (κ3) is 4.58. The van der Waals surface area contributed by atoms with E-state index in [-0.39, 0.29) is 11.5 Å². The lowest BCUT2D eigenvalue weighted by atomic mass is 9.89. The predicted molar refractivity (Wildman–Crippen MR) is 138 cm³/mol. The first-order valence-corrected chi connectivity index (χ1v) is 12.8. The van der Waals surface area contributed by atoms with Gasteiger partial charge in [0.25, 0.3) is 0 Å². The van der Waals surface area contributed by atoms with E-state index in [1.54, 1.807) is 23.9 Å². The summed E-state index contributed by atoms with van der Waals surface area (Å²) >= 11 is 9.29. The number of nitrogens with two attached hydrogens (primary N) is 1. The van der Waals surface area contributed by atoms with Gasteiger partial charge >= 0.3 is 0 Å². The molecular weight excluding hydrogens is 470 g/mol. The number of Topliss-reactive ketones (excluding diaryl/α,β-unsaturated/α-hetero) is 1. The molecule has 0 saturated heterocycles. The number of carbonyl (C=O) groups is 1. The smallest absolute Gasteiger partial charge is 0.207 e. The Morgan fingerprint density at radius 2 is 1.97 bits per heavy atom. The van der Waals surface area contributed by atoms with Crippen LogP contribution in [0.4, 0.5) is 5.69 Å². The van der Waals surface area contributed by atoms with Gasteiger partial charge in [-0.3, -0.25) is 4.79 Å².